The van der Waals surface area contributed by atoms with Crippen molar-refractivity contribution < 1.29 is 5.11 Å². The Kier molecular flexibility index (Phi) is 2.03. The summed E-state index contributed by atoms with van der Waals surface area (Å²) >= 11 is 0. The van der Waals surface area contributed by atoms with Crippen LogP contribution in [0, 0.1) is 12.8 Å². The molecule has 0 amide bonds. The van der Waals surface area contributed by atoms with Crippen molar-refractivity contribution in [1.29, 1.82) is 0 Å². The Morgan fingerprint density at radius 3 is 2.92 bits per heavy atom. The van der Waals surface area contributed by atoms with E-state index >= 15 is 0 Å². The summed E-state index contributed by atoms with van der Waals surface area (Å²) in [5, 5.41) is 9.83. The van der Waals surface area contributed by atoms with E-state index in [2.05, 4.69) is 13.0 Å². The first-order valence-electron chi connectivity index (χ1n) is 4.99. The Morgan fingerprint density at radius 2 is 2.15 bits per heavy atom. The molecule has 1 N–H and O–H groups in total. The van der Waals surface area contributed by atoms with E-state index in [0.29, 0.717) is 5.75 Å². The maximum absolute atomic E-state index is 9.83. The van der Waals surface area contributed by atoms with Gasteiger partial charge >= 0.3 is 0 Å². The molecule has 0 saturated heterocycles. The second-order valence-corrected chi connectivity index (χ2v) is 4.22. The largest absolute Gasteiger partial charge is 0.507 e. The van der Waals surface area contributed by atoms with Gasteiger partial charge in [0.25, 0.3) is 0 Å². The minimum atomic E-state index is 0.532. The molecular formula is C12H16O. The topological polar surface area (TPSA) is 20.2 Å². The highest BCUT2D eigenvalue weighted by Crippen LogP contribution is 2.33. The predicted octanol–water partition coefficient (Wildman–Crippen LogP) is 2.83. The molecule has 0 fully saturated rings. The van der Waals surface area contributed by atoms with Crippen molar-refractivity contribution in [3.63, 3.8) is 0 Å². The Balaban J connectivity index is 2.47. The molecule has 1 nitrogen and oxygen atoms in total. The molecular weight excluding hydrogens is 160 g/mol. The number of hydrogen-bond acceptors (Lipinski definition) is 1. The summed E-state index contributed by atoms with van der Waals surface area (Å²) < 4.78 is 0. The van der Waals surface area contributed by atoms with Crippen molar-refractivity contribution in [3.8, 4) is 5.75 Å². The van der Waals surface area contributed by atoms with Gasteiger partial charge in [-0.3, -0.25) is 0 Å². The van der Waals surface area contributed by atoms with Gasteiger partial charge in [0.05, 0.1) is 0 Å². The molecule has 1 aromatic carbocycles. The van der Waals surface area contributed by atoms with Gasteiger partial charge in [-0.1, -0.05) is 19.1 Å². The monoisotopic (exact) mass is 176 g/mol. The maximum atomic E-state index is 9.83. The number of phenolic OH excluding ortho intramolecular Hbond substituents is 1. The van der Waals surface area contributed by atoms with Crippen molar-refractivity contribution in [1.82, 2.24) is 0 Å². The standard InChI is InChI=1S/C12H16O/c1-8-3-6-11-10(7-8)5-4-9(2)12(11)13/h4-5,8,13H,3,6-7H2,1-2H3. The van der Waals surface area contributed by atoms with Gasteiger partial charge in [0.1, 0.15) is 5.75 Å². The molecule has 0 radical (unpaired) electrons. The summed E-state index contributed by atoms with van der Waals surface area (Å²) in [5.41, 5.74) is 3.55. The van der Waals surface area contributed by atoms with Crippen molar-refractivity contribution in [2.75, 3.05) is 0 Å². The molecule has 70 valence electrons. The summed E-state index contributed by atoms with van der Waals surface area (Å²) in [6, 6.07) is 4.19. The molecule has 0 spiro atoms. The van der Waals surface area contributed by atoms with Crippen LogP contribution in [0.3, 0.4) is 0 Å². The van der Waals surface area contributed by atoms with Crippen LogP contribution in [0.25, 0.3) is 0 Å². The third-order valence-corrected chi connectivity index (χ3v) is 3.04. The van der Waals surface area contributed by atoms with Gasteiger partial charge in [-0.25, -0.2) is 0 Å². The van der Waals surface area contributed by atoms with Crippen molar-refractivity contribution in [2.24, 2.45) is 5.92 Å². The zero-order valence-electron chi connectivity index (χ0n) is 8.30. The number of aromatic hydroxyl groups is 1. The number of phenols is 1. The van der Waals surface area contributed by atoms with Crippen LogP contribution in [0.4, 0.5) is 0 Å². The van der Waals surface area contributed by atoms with Crippen LogP contribution in [0.2, 0.25) is 0 Å². The van der Waals surface area contributed by atoms with Crippen LogP contribution in [0.15, 0.2) is 12.1 Å². The van der Waals surface area contributed by atoms with Gasteiger partial charge in [-0.15, -0.1) is 0 Å². The summed E-state index contributed by atoms with van der Waals surface area (Å²) in [4.78, 5) is 0. The van der Waals surface area contributed by atoms with Gasteiger partial charge in [0.15, 0.2) is 0 Å². The lowest BCUT2D eigenvalue weighted by atomic mass is 9.84. The fraction of sp³-hybridized carbons (Fsp3) is 0.500. The number of rotatable bonds is 0. The summed E-state index contributed by atoms with van der Waals surface area (Å²) in [6.07, 6.45) is 3.39. The molecule has 0 saturated carbocycles. The smallest absolute Gasteiger partial charge is 0.121 e. The Morgan fingerprint density at radius 1 is 1.38 bits per heavy atom. The van der Waals surface area contributed by atoms with E-state index in [9.17, 15) is 5.11 Å². The van der Waals surface area contributed by atoms with E-state index in [-0.39, 0.29) is 0 Å². The number of fused-ring (bicyclic) bond motifs is 1. The first kappa shape index (κ1) is 8.61. The fourth-order valence-corrected chi connectivity index (χ4v) is 2.13. The molecule has 0 aliphatic heterocycles. The van der Waals surface area contributed by atoms with Crippen LogP contribution in [-0.4, -0.2) is 5.11 Å². The minimum Gasteiger partial charge on any atom is -0.507 e. The van der Waals surface area contributed by atoms with Crippen LogP contribution in [0.1, 0.15) is 30.0 Å². The van der Waals surface area contributed by atoms with E-state index in [4.69, 9.17) is 0 Å². The average Bonchev–Trinajstić information content (AvgIpc) is 2.12. The van der Waals surface area contributed by atoms with Crippen molar-refractivity contribution in [2.45, 2.75) is 33.1 Å². The highest BCUT2D eigenvalue weighted by atomic mass is 16.3. The minimum absolute atomic E-state index is 0.532. The third-order valence-electron chi connectivity index (χ3n) is 3.04. The Labute approximate surface area is 79.4 Å². The molecule has 1 aromatic rings. The van der Waals surface area contributed by atoms with Gasteiger partial charge in [0.2, 0.25) is 0 Å². The van der Waals surface area contributed by atoms with E-state index in [1.165, 1.54) is 17.5 Å². The lowest BCUT2D eigenvalue weighted by Gasteiger charge is -2.22. The Bertz CT molecular complexity index is 328. The molecule has 0 heterocycles. The molecule has 1 aliphatic rings. The lowest BCUT2D eigenvalue weighted by Crippen LogP contribution is -2.11. The number of benzene rings is 1. The highest BCUT2D eigenvalue weighted by Gasteiger charge is 2.18. The van der Waals surface area contributed by atoms with Crippen LogP contribution in [-0.2, 0) is 12.8 Å². The van der Waals surface area contributed by atoms with Crippen LogP contribution in [0.5, 0.6) is 5.75 Å². The van der Waals surface area contributed by atoms with Gasteiger partial charge in [-0.05, 0) is 48.8 Å². The van der Waals surface area contributed by atoms with E-state index < -0.39 is 0 Å². The second-order valence-electron chi connectivity index (χ2n) is 4.22. The quantitative estimate of drug-likeness (QED) is 0.644. The normalized spacial score (nSPS) is 21.2. The second kappa shape index (κ2) is 3.06. The van der Waals surface area contributed by atoms with E-state index in [1.807, 2.05) is 13.0 Å². The highest BCUT2D eigenvalue weighted by molar-refractivity contribution is 5.46. The Hall–Kier alpha value is -0.980. The number of hydrogen-bond donors (Lipinski definition) is 1. The SMILES string of the molecule is Cc1ccc2c(c1O)CCC(C)C2. The summed E-state index contributed by atoms with van der Waals surface area (Å²) in [7, 11) is 0. The van der Waals surface area contributed by atoms with Crippen LogP contribution >= 0.6 is 0 Å². The molecule has 0 aromatic heterocycles. The molecule has 1 atom stereocenters. The zero-order chi connectivity index (χ0) is 9.42. The fourth-order valence-electron chi connectivity index (χ4n) is 2.13. The molecule has 1 heteroatoms. The van der Waals surface area contributed by atoms with Gasteiger partial charge < -0.3 is 5.11 Å². The lowest BCUT2D eigenvalue weighted by molar-refractivity contribution is 0.440. The maximum Gasteiger partial charge on any atom is 0.121 e. The molecule has 1 aliphatic carbocycles. The molecule has 1 unspecified atom stereocenters. The molecule has 13 heavy (non-hydrogen) atoms. The van der Waals surface area contributed by atoms with Crippen molar-refractivity contribution >= 4 is 0 Å². The average molecular weight is 176 g/mol. The summed E-state index contributed by atoms with van der Waals surface area (Å²) in [5.74, 6) is 1.30. The van der Waals surface area contributed by atoms with Crippen LogP contribution < -0.4 is 0 Å². The van der Waals surface area contributed by atoms with E-state index in [1.54, 1.807) is 0 Å². The predicted molar refractivity (Wildman–Crippen MR) is 54.0 cm³/mol. The first-order chi connectivity index (χ1) is 6.18. The van der Waals surface area contributed by atoms with Gasteiger partial charge in [-0.2, -0.15) is 0 Å². The zero-order valence-corrected chi connectivity index (χ0v) is 8.30. The molecule has 0 bridgehead atoms. The number of aryl methyl sites for hydroxylation is 1. The molecule has 2 rings (SSSR count). The van der Waals surface area contributed by atoms with Crippen molar-refractivity contribution in [3.05, 3.63) is 28.8 Å². The first-order valence-corrected chi connectivity index (χ1v) is 4.99. The van der Waals surface area contributed by atoms with Gasteiger partial charge in [0, 0.05) is 0 Å². The third kappa shape index (κ3) is 1.43. The van der Waals surface area contributed by atoms with E-state index in [0.717, 1.165) is 24.3 Å². The summed E-state index contributed by atoms with van der Waals surface area (Å²) in [6.45, 7) is 4.24.